The Morgan fingerprint density at radius 2 is 1.88 bits per heavy atom. The number of fused-ring (bicyclic) bond motifs is 4. The number of halogens is 3. The van der Waals surface area contributed by atoms with Gasteiger partial charge >= 0.3 is 12.2 Å². The van der Waals surface area contributed by atoms with Gasteiger partial charge in [0.1, 0.15) is 0 Å². The summed E-state index contributed by atoms with van der Waals surface area (Å²) in [5.41, 5.74) is 5.27. The molecule has 0 spiro atoms. The van der Waals surface area contributed by atoms with Gasteiger partial charge in [0, 0.05) is 44.4 Å². The molecule has 2 unspecified atom stereocenters. The summed E-state index contributed by atoms with van der Waals surface area (Å²) >= 11 is 0. The lowest BCUT2D eigenvalue weighted by Crippen LogP contribution is -2.48. The first-order valence-electron chi connectivity index (χ1n) is 13.9. The minimum atomic E-state index is -4.47. The standard InChI is InChI=1S/C30H32F3N7O2/c1-29(37-38(29)2)14-12-26(41)34-17-19-6-8-22(9-7-19)35-28(42)40-23-13-15-39(18-23)25-11-10-24(36-27(25)40)20-4-3-5-21(16-20)30(31,32)33/h3-11,16,23,37H,12-15,17-18H2,1-2H3,(H,34,41)(H,35,42)/t23-,29?,38?/m0/s1. The van der Waals surface area contributed by atoms with E-state index in [1.807, 2.05) is 37.2 Å². The number of pyridine rings is 1. The van der Waals surface area contributed by atoms with Crippen molar-refractivity contribution in [2.75, 3.05) is 35.3 Å². The lowest BCUT2D eigenvalue weighted by Gasteiger charge is -2.36. The molecule has 3 amide bonds. The third kappa shape index (κ3) is 5.64. The fraction of sp³-hybridized carbons (Fsp3) is 0.367. The van der Waals surface area contributed by atoms with Gasteiger partial charge in [0.25, 0.3) is 0 Å². The molecule has 2 bridgehead atoms. The first-order valence-corrected chi connectivity index (χ1v) is 13.9. The highest BCUT2D eigenvalue weighted by Gasteiger charge is 2.44. The number of hydrogen-bond donors (Lipinski definition) is 3. The van der Waals surface area contributed by atoms with Crippen LogP contribution in [0.5, 0.6) is 0 Å². The SMILES string of the molecule is CN1NC1(C)CCC(=O)NCc1ccc(NC(=O)N2c3nc(-c4cccc(C(F)(F)F)c4)ccc3N3CC[C@H]2C3)cc1. The van der Waals surface area contributed by atoms with E-state index in [-0.39, 0.29) is 23.6 Å². The summed E-state index contributed by atoms with van der Waals surface area (Å²) in [5.74, 6) is 0.402. The van der Waals surface area contributed by atoms with Crippen molar-refractivity contribution in [3.8, 4) is 11.3 Å². The predicted molar refractivity (Wildman–Crippen MR) is 154 cm³/mol. The van der Waals surface area contributed by atoms with Crippen molar-refractivity contribution >= 4 is 29.1 Å². The summed E-state index contributed by atoms with van der Waals surface area (Å²) in [4.78, 5) is 34.3. The van der Waals surface area contributed by atoms with Gasteiger partial charge in [0.15, 0.2) is 5.82 Å². The molecule has 12 heteroatoms. The summed E-state index contributed by atoms with van der Waals surface area (Å²) < 4.78 is 40.0. The summed E-state index contributed by atoms with van der Waals surface area (Å²) in [5, 5.41) is 7.85. The zero-order valence-electron chi connectivity index (χ0n) is 23.3. The van der Waals surface area contributed by atoms with Gasteiger partial charge < -0.3 is 15.5 Å². The van der Waals surface area contributed by atoms with Crippen LogP contribution < -0.4 is 25.9 Å². The van der Waals surface area contributed by atoms with Crippen LogP contribution in [0.2, 0.25) is 0 Å². The Bertz CT molecular complexity index is 1510. The van der Waals surface area contributed by atoms with Crippen LogP contribution in [-0.2, 0) is 17.5 Å². The highest BCUT2D eigenvalue weighted by atomic mass is 19.4. The Hall–Kier alpha value is -4.16. The molecular weight excluding hydrogens is 547 g/mol. The number of benzene rings is 2. The molecule has 2 fully saturated rings. The second-order valence-corrected chi connectivity index (χ2v) is 11.2. The number of nitrogens with one attached hydrogen (secondary N) is 3. The molecule has 0 aliphatic carbocycles. The molecule has 3 aromatic rings. The number of alkyl halides is 3. The third-order valence-corrected chi connectivity index (χ3v) is 8.29. The van der Waals surface area contributed by atoms with Crippen molar-refractivity contribution in [1.82, 2.24) is 20.7 Å². The summed E-state index contributed by atoms with van der Waals surface area (Å²) in [7, 11) is 1.94. The lowest BCUT2D eigenvalue weighted by atomic mass is 10.1. The van der Waals surface area contributed by atoms with Crippen LogP contribution in [0.3, 0.4) is 0 Å². The van der Waals surface area contributed by atoms with Gasteiger partial charge in [-0.05, 0) is 61.7 Å². The molecule has 2 saturated heterocycles. The average Bonchev–Trinajstić information content (AvgIpc) is 3.36. The van der Waals surface area contributed by atoms with E-state index >= 15 is 0 Å². The summed E-state index contributed by atoms with van der Waals surface area (Å²) in [6, 6.07) is 15.3. The van der Waals surface area contributed by atoms with Crippen LogP contribution in [0.25, 0.3) is 11.3 Å². The monoisotopic (exact) mass is 579 g/mol. The Balaban J connectivity index is 1.14. The van der Waals surface area contributed by atoms with Gasteiger partial charge in [-0.25, -0.2) is 20.2 Å². The molecule has 4 heterocycles. The Morgan fingerprint density at radius 3 is 2.60 bits per heavy atom. The number of nitrogens with zero attached hydrogens (tertiary/aromatic N) is 4. The van der Waals surface area contributed by atoms with Crippen LogP contribution in [0, 0.1) is 0 Å². The van der Waals surface area contributed by atoms with Crippen molar-refractivity contribution < 1.29 is 22.8 Å². The number of amides is 3. The Labute approximate surface area is 241 Å². The Morgan fingerprint density at radius 1 is 1.12 bits per heavy atom. The number of urea groups is 1. The van der Waals surface area contributed by atoms with Crippen molar-refractivity contribution in [2.45, 2.75) is 50.6 Å². The first kappa shape index (κ1) is 28.0. The highest BCUT2D eigenvalue weighted by molar-refractivity contribution is 6.04. The van der Waals surface area contributed by atoms with Crippen molar-refractivity contribution in [1.29, 1.82) is 0 Å². The van der Waals surface area contributed by atoms with Gasteiger partial charge in [0.2, 0.25) is 5.91 Å². The second kappa shape index (κ2) is 10.6. The van der Waals surface area contributed by atoms with Crippen molar-refractivity contribution in [2.24, 2.45) is 0 Å². The number of carbonyl (C=O) groups is 2. The van der Waals surface area contributed by atoms with E-state index in [1.165, 1.54) is 6.07 Å². The zero-order valence-corrected chi connectivity index (χ0v) is 23.3. The molecule has 3 N–H and O–H groups in total. The molecule has 3 atom stereocenters. The van der Waals surface area contributed by atoms with Crippen LogP contribution >= 0.6 is 0 Å². The lowest BCUT2D eigenvalue weighted by molar-refractivity contribution is -0.137. The molecule has 0 saturated carbocycles. The molecule has 220 valence electrons. The van der Waals surface area contributed by atoms with Crippen molar-refractivity contribution in [3.05, 3.63) is 71.8 Å². The number of rotatable bonds is 7. The maximum Gasteiger partial charge on any atom is 0.416 e. The largest absolute Gasteiger partial charge is 0.416 e. The molecule has 6 rings (SSSR count). The number of carbonyl (C=O) groups excluding carboxylic acids is 2. The molecule has 3 aliphatic heterocycles. The normalized spacial score (nSPS) is 22.5. The molecule has 2 aromatic carbocycles. The van der Waals surface area contributed by atoms with E-state index in [2.05, 4.69) is 21.0 Å². The van der Waals surface area contributed by atoms with E-state index in [4.69, 9.17) is 4.98 Å². The number of hydrogen-bond acceptors (Lipinski definition) is 6. The predicted octanol–water partition coefficient (Wildman–Crippen LogP) is 4.96. The fourth-order valence-corrected chi connectivity index (χ4v) is 5.58. The van der Waals surface area contributed by atoms with Gasteiger partial charge in [-0.15, -0.1) is 0 Å². The second-order valence-electron chi connectivity index (χ2n) is 11.2. The quantitative estimate of drug-likeness (QED) is 0.342. The van der Waals surface area contributed by atoms with Crippen LogP contribution in [0.4, 0.5) is 35.2 Å². The minimum absolute atomic E-state index is 0.0259. The maximum atomic E-state index is 13.6. The van der Waals surface area contributed by atoms with Gasteiger partial charge in [-0.1, -0.05) is 24.3 Å². The smallest absolute Gasteiger partial charge is 0.366 e. The van der Waals surface area contributed by atoms with E-state index in [9.17, 15) is 22.8 Å². The molecular formula is C30H32F3N7O2. The van der Waals surface area contributed by atoms with E-state index < -0.39 is 11.7 Å². The first-order chi connectivity index (χ1) is 20.0. The van der Waals surface area contributed by atoms with Gasteiger partial charge in [-0.2, -0.15) is 13.2 Å². The minimum Gasteiger partial charge on any atom is -0.366 e. The summed E-state index contributed by atoms with van der Waals surface area (Å²) in [6.07, 6.45) is -2.57. The maximum absolute atomic E-state index is 13.6. The molecule has 3 aliphatic rings. The van der Waals surface area contributed by atoms with Crippen LogP contribution in [-0.4, -0.2) is 53.8 Å². The molecule has 42 heavy (non-hydrogen) atoms. The molecule has 0 radical (unpaired) electrons. The van der Waals surface area contributed by atoms with Gasteiger partial charge in [-0.3, -0.25) is 9.69 Å². The highest BCUT2D eigenvalue weighted by Crippen LogP contribution is 2.41. The van der Waals surface area contributed by atoms with Crippen LogP contribution in [0.1, 0.15) is 37.3 Å². The van der Waals surface area contributed by atoms with E-state index in [0.717, 1.165) is 42.8 Å². The number of aromatic nitrogens is 1. The molecule has 1 aromatic heterocycles. The third-order valence-electron chi connectivity index (χ3n) is 8.29. The number of anilines is 3. The van der Waals surface area contributed by atoms with Gasteiger partial charge in [0.05, 0.1) is 28.6 Å². The fourth-order valence-electron chi connectivity index (χ4n) is 5.58. The van der Waals surface area contributed by atoms with Crippen molar-refractivity contribution in [3.63, 3.8) is 0 Å². The molecule has 9 nitrogen and oxygen atoms in total. The summed E-state index contributed by atoms with van der Waals surface area (Å²) in [6.45, 7) is 3.85. The van der Waals surface area contributed by atoms with E-state index in [1.54, 1.807) is 29.2 Å². The average molecular weight is 580 g/mol. The topological polar surface area (TPSA) is 103 Å². The van der Waals surface area contributed by atoms with Crippen LogP contribution in [0.15, 0.2) is 60.7 Å². The Kier molecular flexibility index (Phi) is 7.06. The van der Waals surface area contributed by atoms with E-state index in [0.29, 0.717) is 42.3 Å². The number of hydrazine groups is 1. The zero-order chi connectivity index (χ0) is 29.6.